The van der Waals surface area contributed by atoms with Gasteiger partial charge in [-0.2, -0.15) is 4.98 Å². The van der Waals surface area contributed by atoms with E-state index in [0.29, 0.717) is 11.3 Å². The molecule has 2 aromatic carbocycles. The number of carbonyl (C=O) groups is 1. The van der Waals surface area contributed by atoms with Crippen LogP contribution in [0.25, 0.3) is 11.4 Å². The normalized spacial score (nSPS) is 10.5. The van der Waals surface area contributed by atoms with Gasteiger partial charge in [0.25, 0.3) is 11.6 Å². The zero-order valence-corrected chi connectivity index (χ0v) is 15.0. The molecule has 9 nitrogen and oxygen atoms in total. The van der Waals surface area contributed by atoms with Crippen molar-refractivity contribution in [3.63, 3.8) is 0 Å². The molecule has 0 radical (unpaired) electrons. The van der Waals surface area contributed by atoms with Crippen molar-refractivity contribution in [1.29, 1.82) is 0 Å². The molecule has 1 aromatic heterocycles. The molecule has 0 unspecified atom stereocenters. The molecular weight excluding hydrogens is 371 g/mol. The Kier molecular flexibility index (Phi) is 5.30. The maximum atomic E-state index is 13.0. The second kappa shape index (κ2) is 7.82. The number of anilines is 1. The van der Waals surface area contributed by atoms with Gasteiger partial charge in [-0.25, -0.2) is 9.18 Å². The highest BCUT2D eigenvalue weighted by molar-refractivity contribution is 5.91. The number of benzene rings is 2. The van der Waals surface area contributed by atoms with Gasteiger partial charge in [-0.1, -0.05) is 5.16 Å². The van der Waals surface area contributed by atoms with Crippen LogP contribution in [0.15, 0.2) is 47.0 Å². The molecule has 0 aliphatic heterocycles. The summed E-state index contributed by atoms with van der Waals surface area (Å²) in [4.78, 5) is 28.5. The first-order chi connectivity index (χ1) is 13.3. The molecule has 144 valence electrons. The van der Waals surface area contributed by atoms with Crippen molar-refractivity contribution in [1.82, 2.24) is 10.1 Å². The number of hydrogen-bond donors (Lipinski definition) is 0. The van der Waals surface area contributed by atoms with Gasteiger partial charge in [-0.15, -0.1) is 0 Å². The predicted molar refractivity (Wildman–Crippen MR) is 96.2 cm³/mol. The molecule has 0 aliphatic carbocycles. The van der Waals surface area contributed by atoms with E-state index in [0.717, 1.165) is 6.07 Å². The number of ether oxygens (including phenoxy) is 1. The lowest BCUT2D eigenvalue weighted by molar-refractivity contribution is -0.384. The summed E-state index contributed by atoms with van der Waals surface area (Å²) < 4.78 is 23.0. The Morgan fingerprint density at radius 1 is 1.25 bits per heavy atom. The fourth-order valence-electron chi connectivity index (χ4n) is 2.42. The average molecular weight is 386 g/mol. The highest BCUT2D eigenvalue weighted by Gasteiger charge is 2.20. The minimum absolute atomic E-state index is 0.0237. The summed E-state index contributed by atoms with van der Waals surface area (Å²) >= 11 is 0. The first-order valence-corrected chi connectivity index (χ1v) is 8.06. The lowest BCUT2D eigenvalue weighted by Gasteiger charge is -2.13. The van der Waals surface area contributed by atoms with Gasteiger partial charge in [0.2, 0.25) is 5.82 Å². The van der Waals surface area contributed by atoms with Crippen LogP contribution in [0.3, 0.4) is 0 Å². The number of carbonyl (C=O) groups excluding carboxylic acids is 1. The van der Waals surface area contributed by atoms with Crippen LogP contribution in [0.5, 0.6) is 0 Å². The van der Waals surface area contributed by atoms with Gasteiger partial charge in [-0.05, 0) is 36.4 Å². The highest BCUT2D eigenvalue weighted by Crippen LogP contribution is 2.28. The molecule has 3 rings (SSSR count). The minimum atomic E-state index is -0.769. The van der Waals surface area contributed by atoms with E-state index in [2.05, 4.69) is 10.1 Å². The van der Waals surface area contributed by atoms with Crippen molar-refractivity contribution in [3.8, 4) is 11.4 Å². The van der Waals surface area contributed by atoms with E-state index in [9.17, 15) is 19.3 Å². The van der Waals surface area contributed by atoms with Crippen molar-refractivity contribution >= 4 is 17.3 Å². The molecule has 0 saturated heterocycles. The quantitative estimate of drug-likeness (QED) is 0.361. The van der Waals surface area contributed by atoms with E-state index in [1.54, 1.807) is 19.0 Å². The Hall–Kier alpha value is -3.82. The first-order valence-electron chi connectivity index (χ1n) is 8.06. The van der Waals surface area contributed by atoms with Gasteiger partial charge in [0.15, 0.2) is 6.61 Å². The number of nitro groups is 1. The van der Waals surface area contributed by atoms with Crippen LogP contribution < -0.4 is 4.90 Å². The average Bonchev–Trinajstić information content (AvgIpc) is 3.15. The Balaban J connectivity index is 1.70. The van der Waals surface area contributed by atoms with E-state index in [4.69, 9.17) is 9.26 Å². The number of halogens is 1. The molecule has 1 heterocycles. The van der Waals surface area contributed by atoms with Gasteiger partial charge in [0.1, 0.15) is 11.5 Å². The summed E-state index contributed by atoms with van der Waals surface area (Å²) in [6.07, 6.45) is 0. The van der Waals surface area contributed by atoms with Crippen molar-refractivity contribution in [2.45, 2.75) is 6.61 Å². The van der Waals surface area contributed by atoms with Crippen molar-refractivity contribution in [2.24, 2.45) is 0 Å². The SMILES string of the molecule is CN(C)c1ccc(C(=O)OCc2nc(-c3ccc(F)cc3)no2)cc1[N+](=O)[O-]. The molecule has 0 atom stereocenters. The second-order valence-electron chi connectivity index (χ2n) is 5.95. The van der Waals surface area contributed by atoms with Crippen LogP contribution >= 0.6 is 0 Å². The van der Waals surface area contributed by atoms with Gasteiger partial charge < -0.3 is 14.2 Å². The number of aromatic nitrogens is 2. The Morgan fingerprint density at radius 3 is 2.61 bits per heavy atom. The number of esters is 1. The van der Waals surface area contributed by atoms with Crippen LogP contribution in [0.4, 0.5) is 15.8 Å². The number of rotatable bonds is 6. The van der Waals surface area contributed by atoms with Crippen LogP contribution in [0.1, 0.15) is 16.2 Å². The molecule has 28 heavy (non-hydrogen) atoms. The van der Waals surface area contributed by atoms with Crippen LogP contribution in [-0.4, -0.2) is 35.1 Å². The van der Waals surface area contributed by atoms with E-state index in [1.165, 1.54) is 36.4 Å². The molecule has 0 spiro atoms. The smallest absolute Gasteiger partial charge is 0.338 e. The third kappa shape index (κ3) is 4.11. The van der Waals surface area contributed by atoms with Gasteiger partial charge >= 0.3 is 5.97 Å². The largest absolute Gasteiger partial charge is 0.452 e. The molecule has 0 amide bonds. The number of nitro benzene ring substituents is 1. The zero-order valence-electron chi connectivity index (χ0n) is 15.0. The molecule has 0 fully saturated rings. The molecule has 10 heteroatoms. The standard InChI is InChI=1S/C18H15FN4O5/c1-22(2)14-8-5-12(9-15(14)23(25)26)18(24)27-10-16-20-17(21-28-16)11-3-6-13(19)7-4-11/h3-9H,10H2,1-2H3. The van der Waals surface area contributed by atoms with Gasteiger partial charge in [0, 0.05) is 25.7 Å². The van der Waals surface area contributed by atoms with E-state index in [1.807, 2.05) is 0 Å². The predicted octanol–water partition coefficient (Wildman–Crippen LogP) is 3.21. The molecule has 3 aromatic rings. The van der Waals surface area contributed by atoms with Crippen LogP contribution in [0, 0.1) is 15.9 Å². The van der Waals surface area contributed by atoms with Crippen LogP contribution in [0.2, 0.25) is 0 Å². The molecule has 0 N–H and O–H groups in total. The second-order valence-corrected chi connectivity index (χ2v) is 5.95. The monoisotopic (exact) mass is 386 g/mol. The molecular formula is C18H15FN4O5. The van der Waals surface area contributed by atoms with E-state index >= 15 is 0 Å². The summed E-state index contributed by atoms with van der Waals surface area (Å²) in [6.45, 7) is -0.309. The molecule has 0 bridgehead atoms. The fourth-order valence-corrected chi connectivity index (χ4v) is 2.42. The first kappa shape index (κ1) is 19.0. The third-order valence-electron chi connectivity index (χ3n) is 3.79. The van der Waals surface area contributed by atoms with Crippen molar-refractivity contribution in [3.05, 3.63) is 69.9 Å². The van der Waals surface area contributed by atoms with E-state index < -0.39 is 16.7 Å². The topological polar surface area (TPSA) is 112 Å². The summed E-state index contributed by atoms with van der Waals surface area (Å²) in [6, 6.07) is 9.54. The summed E-state index contributed by atoms with van der Waals surface area (Å²) in [5, 5.41) is 14.9. The maximum absolute atomic E-state index is 13.0. The zero-order chi connectivity index (χ0) is 20.3. The van der Waals surface area contributed by atoms with Crippen molar-refractivity contribution < 1.29 is 23.4 Å². The third-order valence-corrected chi connectivity index (χ3v) is 3.79. The maximum Gasteiger partial charge on any atom is 0.338 e. The summed E-state index contributed by atoms with van der Waals surface area (Å²) in [5.41, 5.74) is 0.714. The molecule has 0 saturated carbocycles. The summed E-state index contributed by atoms with van der Waals surface area (Å²) in [5.74, 6) is -0.908. The Labute approximate surface area is 158 Å². The Bertz CT molecular complexity index is 1020. The number of hydrogen-bond acceptors (Lipinski definition) is 8. The lowest BCUT2D eigenvalue weighted by atomic mass is 10.1. The molecule has 0 aliphatic rings. The fraction of sp³-hybridized carbons (Fsp3) is 0.167. The summed E-state index contributed by atoms with van der Waals surface area (Å²) in [7, 11) is 3.32. The highest BCUT2D eigenvalue weighted by atomic mass is 19.1. The van der Waals surface area contributed by atoms with Crippen LogP contribution in [-0.2, 0) is 11.3 Å². The lowest BCUT2D eigenvalue weighted by Crippen LogP contribution is -2.12. The minimum Gasteiger partial charge on any atom is -0.452 e. The van der Waals surface area contributed by atoms with Gasteiger partial charge in [-0.3, -0.25) is 10.1 Å². The van der Waals surface area contributed by atoms with Gasteiger partial charge in [0.05, 0.1) is 10.5 Å². The number of nitrogens with zero attached hydrogens (tertiary/aromatic N) is 4. The Morgan fingerprint density at radius 2 is 1.96 bits per heavy atom. The van der Waals surface area contributed by atoms with E-state index in [-0.39, 0.29) is 29.6 Å². The van der Waals surface area contributed by atoms with Crippen molar-refractivity contribution in [2.75, 3.05) is 19.0 Å².